The van der Waals surface area contributed by atoms with Crippen molar-refractivity contribution >= 4 is 27.5 Å². The monoisotopic (exact) mass is 292 g/mol. The molecule has 0 saturated heterocycles. The summed E-state index contributed by atoms with van der Waals surface area (Å²) in [6.45, 7) is 6.43. The summed E-state index contributed by atoms with van der Waals surface area (Å²) in [4.78, 5) is 0.573. The van der Waals surface area contributed by atoms with Crippen LogP contribution in [0.25, 0.3) is 0 Å². The topological polar surface area (TPSA) is 17.8 Å². The van der Waals surface area contributed by atoms with Crippen LogP contribution in [-0.2, 0) is 6.42 Å². The van der Waals surface area contributed by atoms with Crippen LogP contribution in [-0.4, -0.2) is 14.6 Å². The first-order valence-electron chi connectivity index (χ1n) is 5.42. The molecule has 1 atom stereocenters. The fraction of sp³-hybridized carbons (Fsp3) is 0.727. The Labute approximate surface area is 105 Å². The normalized spacial score (nSPS) is 13.5. The van der Waals surface area contributed by atoms with E-state index in [0.29, 0.717) is 10.9 Å². The first-order valence-corrected chi connectivity index (χ1v) is 6.71. The maximum absolute atomic E-state index is 6.12. The summed E-state index contributed by atoms with van der Waals surface area (Å²) >= 11 is 9.75. The fourth-order valence-electron chi connectivity index (χ4n) is 1.54. The SMILES string of the molecule is CCC(Br)CCc1c(Cl)cnn1C(C)C. The summed E-state index contributed by atoms with van der Waals surface area (Å²) in [5.74, 6) is 0. The summed E-state index contributed by atoms with van der Waals surface area (Å²) < 4.78 is 2.01. The molecule has 1 aromatic heterocycles. The van der Waals surface area contributed by atoms with Crippen LogP contribution in [0.1, 0.15) is 45.3 Å². The van der Waals surface area contributed by atoms with Crippen molar-refractivity contribution < 1.29 is 0 Å². The first kappa shape index (κ1) is 13.0. The Morgan fingerprint density at radius 1 is 1.53 bits per heavy atom. The van der Waals surface area contributed by atoms with Crippen molar-refractivity contribution in [1.82, 2.24) is 9.78 Å². The van der Waals surface area contributed by atoms with E-state index in [1.54, 1.807) is 6.20 Å². The molecule has 4 heteroatoms. The fourth-order valence-corrected chi connectivity index (χ4v) is 2.00. The number of alkyl halides is 1. The molecule has 0 spiro atoms. The number of hydrogen-bond acceptors (Lipinski definition) is 1. The molecular weight excluding hydrogens is 275 g/mol. The zero-order valence-electron chi connectivity index (χ0n) is 9.50. The van der Waals surface area contributed by atoms with Crippen LogP contribution in [0.15, 0.2) is 6.20 Å². The molecule has 1 heterocycles. The highest BCUT2D eigenvalue weighted by molar-refractivity contribution is 9.09. The van der Waals surface area contributed by atoms with E-state index in [1.165, 1.54) is 0 Å². The van der Waals surface area contributed by atoms with Crippen molar-refractivity contribution in [3.05, 3.63) is 16.9 Å². The van der Waals surface area contributed by atoms with Crippen molar-refractivity contribution in [2.45, 2.75) is 50.9 Å². The Bertz CT molecular complexity index is 310. The molecule has 0 aromatic carbocycles. The highest BCUT2D eigenvalue weighted by Gasteiger charge is 2.12. The van der Waals surface area contributed by atoms with Gasteiger partial charge >= 0.3 is 0 Å². The smallest absolute Gasteiger partial charge is 0.0817 e. The van der Waals surface area contributed by atoms with Crippen LogP contribution >= 0.6 is 27.5 Å². The Kier molecular flexibility index (Phi) is 5.13. The molecule has 0 aliphatic rings. The van der Waals surface area contributed by atoms with Gasteiger partial charge in [-0.05, 0) is 33.1 Å². The Morgan fingerprint density at radius 2 is 2.20 bits per heavy atom. The molecule has 0 saturated carbocycles. The van der Waals surface area contributed by atoms with Crippen molar-refractivity contribution in [2.24, 2.45) is 0 Å². The third-order valence-electron chi connectivity index (χ3n) is 2.47. The minimum atomic E-state index is 0.378. The van der Waals surface area contributed by atoms with E-state index in [-0.39, 0.29) is 0 Å². The molecule has 0 N–H and O–H groups in total. The molecule has 2 nitrogen and oxygen atoms in total. The van der Waals surface area contributed by atoms with Gasteiger partial charge in [0, 0.05) is 10.9 Å². The van der Waals surface area contributed by atoms with Crippen LogP contribution in [0, 0.1) is 0 Å². The highest BCUT2D eigenvalue weighted by atomic mass is 79.9. The lowest BCUT2D eigenvalue weighted by Crippen LogP contribution is -2.09. The zero-order chi connectivity index (χ0) is 11.4. The molecule has 1 rings (SSSR count). The predicted octanol–water partition coefficient (Wildman–Crippen LogP) is 4.22. The van der Waals surface area contributed by atoms with Crippen molar-refractivity contribution in [1.29, 1.82) is 0 Å². The lowest BCUT2D eigenvalue weighted by atomic mass is 10.1. The lowest BCUT2D eigenvalue weighted by molar-refractivity contribution is 0.504. The largest absolute Gasteiger partial charge is 0.266 e. The third-order valence-corrected chi connectivity index (χ3v) is 3.90. The van der Waals surface area contributed by atoms with E-state index in [1.807, 2.05) is 4.68 Å². The van der Waals surface area contributed by atoms with Gasteiger partial charge in [-0.15, -0.1) is 0 Å². The lowest BCUT2D eigenvalue weighted by Gasteiger charge is -2.12. The van der Waals surface area contributed by atoms with Gasteiger partial charge < -0.3 is 0 Å². The van der Waals surface area contributed by atoms with Crippen LogP contribution in [0.5, 0.6) is 0 Å². The second kappa shape index (κ2) is 5.90. The molecular formula is C11H18BrClN2. The van der Waals surface area contributed by atoms with Gasteiger partial charge in [-0.25, -0.2) is 0 Å². The average molecular weight is 294 g/mol. The number of hydrogen-bond donors (Lipinski definition) is 0. The van der Waals surface area contributed by atoms with E-state index in [0.717, 1.165) is 30.0 Å². The second-order valence-corrected chi connectivity index (χ2v) is 5.72. The standard InChI is InChI=1S/C11H18BrClN2/c1-4-9(12)5-6-11-10(13)7-14-15(11)8(2)3/h7-9H,4-6H2,1-3H3. The molecule has 0 fully saturated rings. The summed E-state index contributed by atoms with van der Waals surface area (Å²) in [5.41, 5.74) is 1.16. The molecule has 0 amide bonds. The van der Waals surface area contributed by atoms with E-state index in [9.17, 15) is 0 Å². The molecule has 86 valence electrons. The Balaban J connectivity index is 2.70. The van der Waals surface area contributed by atoms with Gasteiger partial charge in [0.1, 0.15) is 0 Å². The summed E-state index contributed by atoms with van der Waals surface area (Å²) in [6.07, 6.45) is 4.98. The maximum Gasteiger partial charge on any atom is 0.0817 e. The van der Waals surface area contributed by atoms with Gasteiger partial charge in [0.2, 0.25) is 0 Å². The van der Waals surface area contributed by atoms with Crippen LogP contribution in [0.2, 0.25) is 5.02 Å². The molecule has 0 radical (unpaired) electrons. The summed E-state index contributed by atoms with van der Waals surface area (Å²) in [6, 6.07) is 0.378. The minimum Gasteiger partial charge on any atom is -0.266 e. The van der Waals surface area contributed by atoms with Crippen molar-refractivity contribution in [2.75, 3.05) is 0 Å². The van der Waals surface area contributed by atoms with Crippen LogP contribution in [0.3, 0.4) is 0 Å². The first-order chi connectivity index (χ1) is 7.06. The van der Waals surface area contributed by atoms with Crippen LogP contribution in [0.4, 0.5) is 0 Å². The van der Waals surface area contributed by atoms with Crippen molar-refractivity contribution in [3.63, 3.8) is 0 Å². The van der Waals surface area contributed by atoms with Crippen molar-refractivity contribution in [3.8, 4) is 0 Å². The average Bonchev–Trinajstić information content (AvgIpc) is 2.56. The van der Waals surface area contributed by atoms with E-state index in [4.69, 9.17) is 11.6 Å². The minimum absolute atomic E-state index is 0.378. The predicted molar refractivity (Wildman–Crippen MR) is 68.9 cm³/mol. The second-order valence-electron chi connectivity index (χ2n) is 4.02. The molecule has 0 aliphatic carbocycles. The van der Waals surface area contributed by atoms with Gasteiger partial charge in [-0.2, -0.15) is 5.10 Å². The zero-order valence-corrected chi connectivity index (χ0v) is 11.8. The van der Waals surface area contributed by atoms with E-state index < -0.39 is 0 Å². The number of halogens is 2. The van der Waals surface area contributed by atoms with Gasteiger partial charge in [-0.1, -0.05) is 34.5 Å². The molecule has 15 heavy (non-hydrogen) atoms. The third kappa shape index (κ3) is 3.49. The molecule has 0 aliphatic heterocycles. The van der Waals surface area contributed by atoms with Gasteiger partial charge in [0.25, 0.3) is 0 Å². The quantitative estimate of drug-likeness (QED) is 0.743. The number of aromatic nitrogens is 2. The Hall–Kier alpha value is -0.0200. The van der Waals surface area contributed by atoms with Gasteiger partial charge in [0.05, 0.1) is 16.9 Å². The van der Waals surface area contributed by atoms with E-state index in [2.05, 4.69) is 41.8 Å². The summed E-state index contributed by atoms with van der Waals surface area (Å²) in [7, 11) is 0. The van der Waals surface area contributed by atoms with Crippen LogP contribution < -0.4 is 0 Å². The Morgan fingerprint density at radius 3 is 2.73 bits per heavy atom. The molecule has 1 unspecified atom stereocenters. The number of nitrogens with zero attached hydrogens (tertiary/aromatic N) is 2. The maximum atomic E-state index is 6.12. The number of rotatable bonds is 5. The highest BCUT2D eigenvalue weighted by Crippen LogP contribution is 2.22. The van der Waals surface area contributed by atoms with Gasteiger partial charge in [-0.3, -0.25) is 4.68 Å². The van der Waals surface area contributed by atoms with Gasteiger partial charge in [0.15, 0.2) is 0 Å². The molecule has 0 bridgehead atoms. The summed E-state index contributed by atoms with van der Waals surface area (Å²) in [5, 5.41) is 5.08. The van der Waals surface area contributed by atoms with E-state index >= 15 is 0 Å². The molecule has 1 aromatic rings.